The van der Waals surface area contributed by atoms with Gasteiger partial charge in [0.05, 0.1) is 0 Å². The normalized spacial score (nSPS) is 12.4. The molecule has 0 aliphatic heterocycles. The Balaban J connectivity index is 2.82. The number of nitrogens with one attached hydrogen (secondary N) is 1. The Kier molecular flexibility index (Phi) is 6.16. The van der Waals surface area contributed by atoms with Crippen molar-refractivity contribution in [3.63, 3.8) is 0 Å². The number of carbonyl (C=O) groups excluding carboxylic acids is 1. The minimum atomic E-state index is -0.176. The summed E-state index contributed by atoms with van der Waals surface area (Å²) in [4.78, 5) is 16.4. The highest BCUT2D eigenvalue weighted by Crippen LogP contribution is 2.19. The van der Waals surface area contributed by atoms with Gasteiger partial charge in [-0.3, -0.25) is 9.79 Å². The largest absolute Gasteiger partial charge is 0.321 e. The van der Waals surface area contributed by atoms with Gasteiger partial charge in [-0.1, -0.05) is 45.9 Å². The second kappa shape index (κ2) is 7.63. The molecule has 0 saturated carbocycles. The first kappa shape index (κ1) is 16.2. The molecule has 0 saturated heterocycles. The number of aliphatic imine (C=N–C) groups is 1. The second-order valence-electron chi connectivity index (χ2n) is 5.43. The molecule has 0 aliphatic carbocycles. The average Bonchev–Trinajstić information content (AvgIpc) is 2.39. The van der Waals surface area contributed by atoms with Gasteiger partial charge >= 0.3 is 0 Å². The van der Waals surface area contributed by atoms with E-state index in [1.807, 2.05) is 39.0 Å². The molecule has 0 heterocycles. The van der Waals surface area contributed by atoms with Crippen LogP contribution >= 0.6 is 0 Å². The van der Waals surface area contributed by atoms with Gasteiger partial charge in [0.25, 0.3) is 5.91 Å². The summed E-state index contributed by atoms with van der Waals surface area (Å²) >= 11 is 0. The number of nitrogens with zero attached hydrogens (tertiary/aromatic N) is 1. The Bertz CT molecular complexity index is 513. The van der Waals surface area contributed by atoms with Gasteiger partial charge in [0.1, 0.15) is 5.70 Å². The van der Waals surface area contributed by atoms with Gasteiger partial charge < -0.3 is 5.32 Å². The molecule has 1 N–H and O–H groups in total. The summed E-state index contributed by atoms with van der Waals surface area (Å²) in [6.45, 7) is 10.1. The molecule has 0 spiro atoms. The fourth-order valence-electron chi connectivity index (χ4n) is 1.66. The summed E-state index contributed by atoms with van der Waals surface area (Å²) in [6, 6.07) is 7.91. The zero-order valence-corrected chi connectivity index (χ0v) is 13.0. The molecule has 0 aliphatic rings. The molecule has 3 heteroatoms. The van der Waals surface area contributed by atoms with E-state index in [1.165, 1.54) is 5.56 Å². The van der Waals surface area contributed by atoms with Crippen molar-refractivity contribution in [2.75, 3.05) is 5.32 Å². The molecule has 108 valence electrons. The molecule has 3 nitrogen and oxygen atoms in total. The lowest BCUT2D eigenvalue weighted by molar-refractivity contribution is -0.112. The fraction of sp³-hybridized carbons (Fsp3) is 0.412. The lowest BCUT2D eigenvalue weighted by Crippen LogP contribution is -2.14. The van der Waals surface area contributed by atoms with E-state index in [4.69, 9.17) is 0 Å². The van der Waals surface area contributed by atoms with Gasteiger partial charge in [-0.2, -0.15) is 0 Å². The van der Waals surface area contributed by atoms with E-state index in [9.17, 15) is 4.79 Å². The van der Waals surface area contributed by atoms with E-state index < -0.39 is 0 Å². The molecular formula is C17H24N2O. The highest BCUT2D eigenvalue weighted by molar-refractivity contribution is 6.04. The maximum atomic E-state index is 12.1. The Morgan fingerprint density at radius 3 is 2.50 bits per heavy atom. The first-order chi connectivity index (χ1) is 9.43. The molecule has 0 atom stereocenters. The maximum Gasteiger partial charge on any atom is 0.273 e. The van der Waals surface area contributed by atoms with Crippen LogP contribution in [0, 0.1) is 5.92 Å². The Labute approximate surface area is 121 Å². The molecule has 0 radical (unpaired) electrons. The number of hydrogen-bond donors (Lipinski definition) is 1. The highest BCUT2D eigenvalue weighted by Gasteiger charge is 2.08. The van der Waals surface area contributed by atoms with Crippen LogP contribution in [0.3, 0.4) is 0 Å². The molecule has 0 bridgehead atoms. The van der Waals surface area contributed by atoms with Gasteiger partial charge in [-0.25, -0.2) is 0 Å². The van der Waals surface area contributed by atoms with Crippen LogP contribution in [0.5, 0.6) is 0 Å². The Hall–Kier alpha value is -1.90. The van der Waals surface area contributed by atoms with Crippen molar-refractivity contribution in [3.8, 4) is 0 Å². The molecular weight excluding hydrogens is 248 g/mol. The number of allylic oxidation sites excluding steroid dienone is 1. The predicted molar refractivity (Wildman–Crippen MR) is 86.2 cm³/mol. The molecule has 1 aromatic carbocycles. The second-order valence-corrected chi connectivity index (χ2v) is 5.43. The van der Waals surface area contributed by atoms with Crippen molar-refractivity contribution in [3.05, 3.63) is 41.6 Å². The molecule has 20 heavy (non-hydrogen) atoms. The molecule has 1 aromatic rings. The van der Waals surface area contributed by atoms with Crippen LogP contribution in [0.2, 0.25) is 0 Å². The standard InChI is InChI=1S/C17H24N2O/c1-6-16(18-11-12(2)3)17(20)19-15-9-7-8-14(10-15)13(4)5/h6-13H,1-5H3,(H,19,20)/b16-6-,18-11?. The minimum absolute atomic E-state index is 0.176. The van der Waals surface area contributed by atoms with Crippen molar-refractivity contribution in [2.24, 2.45) is 10.9 Å². The fourth-order valence-corrected chi connectivity index (χ4v) is 1.66. The van der Waals surface area contributed by atoms with Gasteiger partial charge in [0.2, 0.25) is 0 Å². The van der Waals surface area contributed by atoms with Crippen LogP contribution in [0.15, 0.2) is 41.0 Å². The monoisotopic (exact) mass is 272 g/mol. The van der Waals surface area contributed by atoms with E-state index in [0.717, 1.165) is 5.69 Å². The average molecular weight is 272 g/mol. The van der Waals surface area contributed by atoms with E-state index in [0.29, 0.717) is 17.5 Å². The lowest BCUT2D eigenvalue weighted by atomic mass is 10.0. The summed E-state index contributed by atoms with van der Waals surface area (Å²) in [6.07, 6.45) is 3.50. The zero-order chi connectivity index (χ0) is 15.1. The van der Waals surface area contributed by atoms with Crippen molar-refractivity contribution in [1.29, 1.82) is 0 Å². The molecule has 0 aromatic heterocycles. The smallest absolute Gasteiger partial charge is 0.273 e. The molecule has 1 amide bonds. The SMILES string of the molecule is C/C=C(\N=CC(C)C)C(=O)Nc1cccc(C(C)C)c1. The van der Waals surface area contributed by atoms with Crippen LogP contribution in [0.1, 0.15) is 46.1 Å². The van der Waals surface area contributed by atoms with E-state index >= 15 is 0 Å². The zero-order valence-electron chi connectivity index (χ0n) is 13.0. The maximum absolute atomic E-state index is 12.1. The summed E-state index contributed by atoms with van der Waals surface area (Å²) in [5, 5.41) is 2.89. The van der Waals surface area contributed by atoms with Crippen molar-refractivity contribution < 1.29 is 4.79 Å². The number of hydrogen-bond acceptors (Lipinski definition) is 2. The van der Waals surface area contributed by atoms with Crippen LogP contribution in [-0.4, -0.2) is 12.1 Å². The van der Waals surface area contributed by atoms with Crippen LogP contribution in [-0.2, 0) is 4.79 Å². The number of amides is 1. The number of anilines is 1. The molecule has 1 rings (SSSR count). The summed E-state index contributed by atoms with van der Waals surface area (Å²) in [7, 11) is 0. The van der Waals surface area contributed by atoms with Crippen molar-refractivity contribution >= 4 is 17.8 Å². The van der Waals surface area contributed by atoms with Gasteiger partial charge in [-0.15, -0.1) is 0 Å². The van der Waals surface area contributed by atoms with Gasteiger partial charge in [0.15, 0.2) is 0 Å². The lowest BCUT2D eigenvalue weighted by Gasteiger charge is -2.09. The number of benzene rings is 1. The van der Waals surface area contributed by atoms with Gasteiger partial charge in [0, 0.05) is 11.9 Å². The summed E-state index contributed by atoms with van der Waals surface area (Å²) in [5.41, 5.74) is 2.45. The summed E-state index contributed by atoms with van der Waals surface area (Å²) < 4.78 is 0. The first-order valence-corrected chi connectivity index (χ1v) is 7.05. The minimum Gasteiger partial charge on any atom is -0.321 e. The quantitative estimate of drug-likeness (QED) is 0.627. The van der Waals surface area contributed by atoms with E-state index in [2.05, 4.69) is 30.2 Å². The van der Waals surface area contributed by atoms with Gasteiger partial charge in [-0.05, 0) is 36.5 Å². The van der Waals surface area contributed by atoms with E-state index in [1.54, 1.807) is 12.3 Å². The Morgan fingerprint density at radius 1 is 1.25 bits per heavy atom. The van der Waals surface area contributed by atoms with Crippen molar-refractivity contribution in [2.45, 2.75) is 40.5 Å². The number of carbonyl (C=O) groups is 1. The first-order valence-electron chi connectivity index (χ1n) is 7.05. The highest BCUT2D eigenvalue weighted by atomic mass is 16.2. The summed E-state index contributed by atoms with van der Waals surface area (Å²) in [5.74, 6) is 0.583. The Morgan fingerprint density at radius 2 is 1.95 bits per heavy atom. The number of rotatable bonds is 5. The third-order valence-electron chi connectivity index (χ3n) is 2.83. The van der Waals surface area contributed by atoms with Crippen LogP contribution in [0.25, 0.3) is 0 Å². The van der Waals surface area contributed by atoms with Crippen molar-refractivity contribution in [1.82, 2.24) is 0 Å². The third-order valence-corrected chi connectivity index (χ3v) is 2.83. The van der Waals surface area contributed by atoms with Crippen LogP contribution in [0.4, 0.5) is 5.69 Å². The molecule has 0 unspecified atom stereocenters. The molecule has 0 fully saturated rings. The third kappa shape index (κ3) is 5.00. The van der Waals surface area contributed by atoms with Crippen LogP contribution < -0.4 is 5.32 Å². The topological polar surface area (TPSA) is 41.5 Å². The predicted octanol–water partition coefficient (Wildman–Crippen LogP) is 4.38. The van der Waals surface area contributed by atoms with E-state index in [-0.39, 0.29) is 5.91 Å².